The smallest absolute Gasteiger partial charge is 0.132 e. The predicted molar refractivity (Wildman–Crippen MR) is 138 cm³/mol. The van der Waals surface area contributed by atoms with Crippen molar-refractivity contribution in [2.24, 2.45) is 0 Å². The first-order chi connectivity index (χ1) is 16.6. The lowest BCUT2D eigenvalue weighted by molar-refractivity contribution is 0.210. The number of halogens is 1. The number of benzene rings is 3. The molecule has 1 aliphatic heterocycles. The molecule has 176 valence electrons. The Morgan fingerprint density at radius 1 is 1.00 bits per heavy atom. The van der Waals surface area contributed by atoms with Crippen molar-refractivity contribution in [1.29, 1.82) is 0 Å². The van der Waals surface area contributed by atoms with Crippen LogP contribution in [-0.4, -0.2) is 36.6 Å². The van der Waals surface area contributed by atoms with E-state index >= 15 is 0 Å². The quantitative estimate of drug-likeness (QED) is 0.321. The van der Waals surface area contributed by atoms with Gasteiger partial charge in [-0.2, -0.15) is 0 Å². The van der Waals surface area contributed by atoms with E-state index < -0.39 is 0 Å². The maximum atomic E-state index is 14.7. The van der Waals surface area contributed by atoms with Crippen LogP contribution in [0.1, 0.15) is 41.9 Å². The molecule has 1 fully saturated rings. The molecular formula is C30H33FN2O. The Labute approximate surface area is 201 Å². The molecule has 3 aromatic carbocycles. The van der Waals surface area contributed by atoms with Crippen molar-refractivity contribution in [2.75, 3.05) is 26.7 Å². The van der Waals surface area contributed by atoms with E-state index in [1.165, 1.54) is 35.6 Å². The summed E-state index contributed by atoms with van der Waals surface area (Å²) in [6, 6.07) is 22.0. The molecule has 34 heavy (non-hydrogen) atoms. The van der Waals surface area contributed by atoms with Crippen LogP contribution in [0.5, 0.6) is 5.75 Å². The molecule has 0 aliphatic carbocycles. The number of nitrogens with one attached hydrogen (secondary N) is 1. The average molecular weight is 457 g/mol. The first kappa shape index (κ1) is 22.7. The van der Waals surface area contributed by atoms with Crippen LogP contribution >= 0.6 is 0 Å². The number of aryl methyl sites for hydroxylation is 2. The summed E-state index contributed by atoms with van der Waals surface area (Å²) < 4.78 is 20.2. The summed E-state index contributed by atoms with van der Waals surface area (Å²) in [7, 11) is 1.69. The number of ether oxygens (including phenoxy) is 1. The van der Waals surface area contributed by atoms with Crippen LogP contribution in [-0.2, 0) is 6.42 Å². The minimum absolute atomic E-state index is 0.194. The summed E-state index contributed by atoms with van der Waals surface area (Å²) in [6.07, 6.45) is 4.37. The van der Waals surface area contributed by atoms with E-state index in [1.807, 2.05) is 24.3 Å². The molecule has 1 N–H and O–H groups in total. The third-order valence-corrected chi connectivity index (χ3v) is 7.26. The molecule has 0 unspecified atom stereocenters. The topological polar surface area (TPSA) is 28.3 Å². The maximum absolute atomic E-state index is 14.7. The number of aromatic amines is 1. The van der Waals surface area contributed by atoms with Crippen molar-refractivity contribution in [3.05, 3.63) is 89.2 Å². The van der Waals surface area contributed by atoms with Crippen molar-refractivity contribution in [3.63, 3.8) is 0 Å². The van der Waals surface area contributed by atoms with Crippen LogP contribution in [0, 0.1) is 12.7 Å². The van der Waals surface area contributed by atoms with Gasteiger partial charge in [-0.3, -0.25) is 0 Å². The highest BCUT2D eigenvalue weighted by molar-refractivity contribution is 5.91. The number of nitrogens with zero attached hydrogens (tertiary/aromatic N) is 1. The number of hydrogen-bond donors (Lipinski definition) is 1. The van der Waals surface area contributed by atoms with Gasteiger partial charge in [0.05, 0.1) is 12.8 Å². The molecule has 1 aliphatic rings. The van der Waals surface area contributed by atoms with Crippen molar-refractivity contribution in [3.8, 4) is 17.0 Å². The molecule has 2 heterocycles. The first-order valence-electron chi connectivity index (χ1n) is 12.3. The molecular weight excluding hydrogens is 423 g/mol. The Hall–Kier alpha value is -3.11. The van der Waals surface area contributed by atoms with Crippen LogP contribution < -0.4 is 4.74 Å². The number of aromatic nitrogens is 1. The zero-order valence-electron chi connectivity index (χ0n) is 20.1. The monoisotopic (exact) mass is 456 g/mol. The predicted octanol–water partition coefficient (Wildman–Crippen LogP) is 7.10. The lowest BCUT2D eigenvalue weighted by atomic mass is 9.88. The molecule has 1 saturated heterocycles. The number of likely N-dealkylation sites (tertiary alicyclic amines) is 1. The summed E-state index contributed by atoms with van der Waals surface area (Å²) in [5, 5.41) is 1.12. The molecule has 0 atom stereocenters. The van der Waals surface area contributed by atoms with E-state index in [1.54, 1.807) is 13.2 Å². The normalized spacial score (nSPS) is 15.1. The highest BCUT2D eigenvalue weighted by Crippen LogP contribution is 2.35. The largest absolute Gasteiger partial charge is 0.497 e. The summed E-state index contributed by atoms with van der Waals surface area (Å²) in [4.78, 5) is 6.07. The second-order valence-electron chi connectivity index (χ2n) is 9.50. The molecule has 4 aromatic rings. The molecule has 0 amide bonds. The number of H-pyrrole nitrogens is 1. The van der Waals surface area contributed by atoms with Crippen LogP contribution in [0.25, 0.3) is 22.2 Å². The van der Waals surface area contributed by atoms with Gasteiger partial charge in [-0.05, 0) is 99.6 Å². The van der Waals surface area contributed by atoms with E-state index in [4.69, 9.17) is 4.74 Å². The van der Waals surface area contributed by atoms with Crippen LogP contribution in [0.15, 0.2) is 66.7 Å². The maximum Gasteiger partial charge on any atom is 0.132 e. The van der Waals surface area contributed by atoms with E-state index in [-0.39, 0.29) is 5.82 Å². The van der Waals surface area contributed by atoms with Gasteiger partial charge >= 0.3 is 0 Å². The van der Waals surface area contributed by atoms with Gasteiger partial charge in [0, 0.05) is 16.5 Å². The third kappa shape index (κ3) is 4.74. The first-order valence-corrected chi connectivity index (χ1v) is 12.3. The van der Waals surface area contributed by atoms with Gasteiger partial charge in [-0.15, -0.1) is 0 Å². The molecule has 3 nitrogen and oxygen atoms in total. The average Bonchev–Trinajstić information content (AvgIpc) is 3.22. The fourth-order valence-electron chi connectivity index (χ4n) is 5.40. The summed E-state index contributed by atoms with van der Waals surface area (Å²) in [5.41, 5.74) is 6.55. The van der Waals surface area contributed by atoms with E-state index in [2.05, 4.69) is 47.1 Å². The third-order valence-electron chi connectivity index (χ3n) is 7.26. The summed E-state index contributed by atoms with van der Waals surface area (Å²) in [6.45, 7) is 5.52. The molecule has 4 heteroatoms. The number of fused-ring (bicyclic) bond motifs is 1. The summed E-state index contributed by atoms with van der Waals surface area (Å²) in [5.74, 6) is 1.30. The fraction of sp³-hybridized carbons (Fsp3) is 0.333. The Kier molecular flexibility index (Phi) is 6.68. The minimum atomic E-state index is -0.194. The van der Waals surface area contributed by atoms with Crippen molar-refractivity contribution < 1.29 is 9.13 Å². The highest BCUT2D eigenvalue weighted by Gasteiger charge is 2.21. The Bertz CT molecular complexity index is 1270. The zero-order chi connectivity index (χ0) is 23.5. The Morgan fingerprint density at radius 2 is 1.82 bits per heavy atom. The Morgan fingerprint density at radius 3 is 2.59 bits per heavy atom. The van der Waals surface area contributed by atoms with Gasteiger partial charge in [-0.1, -0.05) is 42.0 Å². The summed E-state index contributed by atoms with van der Waals surface area (Å²) >= 11 is 0. The van der Waals surface area contributed by atoms with Crippen LogP contribution in [0.3, 0.4) is 0 Å². The Balaban J connectivity index is 1.29. The molecule has 0 radical (unpaired) electrons. The second kappa shape index (κ2) is 10.0. The van der Waals surface area contributed by atoms with E-state index in [0.29, 0.717) is 11.5 Å². The number of rotatable bonds is 7. The van der Waals surface area contributed by atoms with Gasteiger partial charge in [0.1, 0.15) is 11.6 Å². The molecule has 0 spiro atoms. The molecule has 0 saturated carbocycles. The molecule has 1 aromatic heterocycles. The zero-order valence-corrected chi connectivity index (χ0v) is 20.1. The lowest BCUT2D eigenvalue weighted by Gasteiger charge is -2.32. The van der Waals surface area contributed by atoms with Crippen LogP contribution in [0.2, 0.25) is 0 Å². The van der Waals surface area contributed by atoms with Crippen molar-refractivity contribution >= 4 is 10.9 Å². The number of methoxy groups -OCH3 is 1. The van der Waals surface area contributed by atoms with Gasteiger partial charge in [0.25, 0.3) is 0 Å². The molecule has 5 rings (SSSR count). The van der Waals surface area contributed by atoms with Crippen LogP contribution in [0.4, 0.5) is 4.39 Å². The minimum Gasteiger partial charge on any atom is -0.497 e. The van der Waals surface area contributed by atoms with E-state index in [0.717, 1.165) is 54.8 Å². The van der Waals surface area contributed by atoms with Gasteiger partial charge in [0.15, 0.2) is 0 Å². The molecule has 0 bridgehead atoms. The van der Waals surface area contributed by atoms with Gasteiger partial charge in [0.2, 0.25) is 0 Å². The van der Waals surface area contributed by atoms with Gasteiger partial charge in [-0.25, -0.2) is 4.39 Å². The van der Waals surface area contributed by atoms with E-state index in [9.17, 15) is 4.39 Å². The fourth-order valence-corrected chi connectivity index (χ4v) is 5.40. The van der Waals surface area contributed by atoms with Gasteiger partial charge < -0.3 is 14.6 Å². The lowest BCUT2D eigenvalue weighted by Crippen LogP contribution is -2.33. The SMILES string of the molecule is COc1ccc2[nH]c(-c3ccccc3F)c(CCCN3CCC(c4cccc(C)c4)CC3)c2c1. The highest BCUT2D eigenvalue weighted by atomic mass is 19.1. The second-order valence-corrected chi connectivity index (χ2v) is 9.50. The van der Waals surface area contributed by atoms with Crippen molar-refractivity contribution in [2.45, 2.75) is 38.5 Å². The number of piperidine rings is 1. The standard InChI is InChI=1S/C30H33FN2O/c1-21-7-5-8-23(19-21)22-14-17-33(18-15-22)16-6-10-25-27-20-24(34-2)12-13-29(27)32-30(25)26-9-3-4-11-28(26)31/h3-5,7-9,11-13,19-20,22,32H,6,10,14-18H2,1-2H3. The van der Waals surface area contributed by atoms with Crippen molar-refractivity contribution in [1.82, 2.24) is 9.88 Å². The number of hydrogen-bond acceptors (Lipinski definition) is 2.